The SMILES string of the molecule is CC.OCCCc1cc2cc(Br)ccc2n1SI. The molecule has 0 spiro atoms. The maximum atomic E-state index is 8.88. The Bertz CT molecular complexity index is 501. The van der Waals surface area contributed by atoms with Crippen LogP contribution in [0.1, 0.15) is 26.0 Å². The van der Waals surface area contributed by atoms with E-state index in [4.69, 9.17) is 5.11 Å². The van der Waals surface area contributed by atoms with Gasteiger partial charge in [0.1, 0.15) is 0 Å². The summed E-state index contributed by atoms with van der Waals surface area (Å²) in [7, 11) is 1.68. The van der Waals surface area contributed by atoms with Crippen molar-refractivity contribution in [3.8, 4) is 0 Å². The maximum absolute atomic E-state index is 8.88. The molecule has 0 aliphatic heterocycles. The second-order valence-corrected chi connectivity index (χ2v) is 6.13. The number of fused-ring (bicyclic) bond motifs is 1. The van der Waals surface area contributed by atoms with Gasteiger partial charge in [0, 0.05) is 52.5 Å². The Morgan fingerprint density at radius 2 is 2.06 bits per heavy atom. The number of aryl methyl sites for hydroxylation is 1. The number of halogens is 2. The number of rotatable bonds is 4. The smallest absolute Gasteiger partial charge is 0.0602 e. The first-order valence-corrected chi connectivity index (χ1v) is 10.1. The molecule has 1 aromatic carbocycles. The van der Waals surface area contributed by atoms with E-state index >= 15 is 0 Å². The molecule has 0 radical (unpaired) electrons. The van der Waals surface area contributed by atoms with Crippen molar-refractivity contribution < 1.29 is 5.11 Å². The van der Waals surface area contributed by atoms with Crippen molar-refractivity contribution in [3.05, 3.63) is 34.4 Å². The van der Waals surface area contributed by atoms with Gasteiger partial charge in [-0.15, -0.1) is 0 Å². The lowest BCUT2D eigenvalue weighted by Gasteiger charge is -2.04. The molecule has 0 atom stereocenters. The van der Waals surface area contributed by atoms with Crippen molar-refractivity contribution in [2.75, 3.05) is 6.61 Å². The van der Waals surface area contributed by atoms with E-state index in [1.807, 2.05) is 13.8 Å². The Kier molecular flexibility index (Phi) is 7.67. The van der Waals surface area contributed by atoms with E-state index < -0.39 is 0 Å². The third-order valence-corrected chi connectivity index (χ3v) is 4.70. The fourth-order valence-corrected chi connectivity index (χ4v) is 3.98. The number of benzene rings is 1. The molecule has 0 fully saturated rings. The summed E-state index contributed by atoms with van der Waals surface area (Å²) in [5.74, 6) is 0. The molecule has 0 bridgehead atoms. The number of hydrogen-bond acceptors (Lipinski definition) is 2. The van der Waals surface area contributed by atoms with Crippen LogP contribution in [0.4, 0.5) is 0 Å². The molecule has 0 saturated carbocycles. The molecule has 0 aliphatic rings. The van der Waals surface area contributed by atoms with Crippen LogP contribution in [0, 0.1) is 0 Å². The minimum atomic E-state index is 0.247. The largest absolute Gasteiger partial charge is 0.396 e. The molecule has 0 unspecified atom stereocenters. The van der Waals surface area contributed by atoms with E-state index in [0.717, 1.165) is 17.3 Å². The van der Waals surface area contributed by atoms with Crippen molar-refractivity contribution in [3.63, 3.8) is 0 Å². The Labute approximate surface area is 133 Å². The molecule has 2 aromatic rings. The first kappa shape index (κ1) is 16.3. The van der Waals surface area contributed by atoms with Crippen LogP contribution in [0.3, 0.4) is 0 Å². The van der Waals surface area contributed by atoms with Crippen LogP contribution in [0.15, 0.2) is 28.7 Å². The average molecular weight is 442 g/mol. The molecule has 0 saturated heterocycles. The summed E-state index contributed by atoms with van der Waals surface area (Å²) in [6.07, 6.45) is 1.73. The fraction of sp³-hybridized carbons (Fsp3) is 0.385. The van der Waals surface area contributed by atoms with Gasteiger partial charge in [-0.2, -0.15) is 0 Å². The molecule has 5 heteroatoms. The highest BCUT2D eigenvalue weighted by Gasteiger charge is 2.08. The van der Waals surface area contributed by atoms with Crippen LogP contribution in [0.25, 0.3) is 10.9 Å². The highest BCUT2D eigenvalue weighted by molar-refractivity contribution is 14.2. The van der Waals surface area contributed by atoms with Crippen LogP contribution in [0.2, 0.25) is 0 Å². The van der Waals surface area contributed by atoms with Crippen LogP contribution >= 0.6 is 46.3 Å². The van der Waals surface area contributed by atoms with Gasteiger partial charge in [-0.05, 0) is 37.1 Å². The lowest BCUT2D eigenvalue weighted by Crippen LogP contribution is -1.94. The number of aliphatic hydroxyl groups excluding tert-OH is 1. The van der Waals surface area contributed by atoms with Crippen LogP contribution in [-0.4, -0.2) is 15.7 Å². The highest BCUT2D eigenvalue weighted by Crippen LogP contribution is 2.30. The maximum Gasteiger partial charge on any atom is 0.0602 e. The minimum Gasteiger partial charge on any atom is -0.396 e. The molecule has 2 rings (SSSR count). The van der Waals surface area contributed by atoms with Crippen molar-refractivity contribution in [2.45, 2.75) is 26.7 Å². The van der Waals surface area contributed by atoms with Gasteiger partial charge >= 0.3 is 0 Å². The van der Waals surface area contributed by atoms with E-state index in [0.29, 0.717) is 0 Å². The van der Waals surface area contributed by atoms with Gasteiger partial charge in [0.05, 0.1) is 5.52 Å². The van der Waals surface area contributed by atoms with Crippen LogP contribution in [-0.2, 0) is 6.42 Å². The van der Waals surface area contributed by atoms with E-state index in [1.54, 1.807) is 9.12 Å². The van der Waals surface area contributed by atoms with Crippen molar-refractivity contribution >= 4 is 57.2 Å². The highest BCUT2D eigenvalue weighted by atomic mass is 127. The Balaban J connectivity index is 0.000000771. The number of hydrogen-bond donors (Lipinski definition) is 1. The first-order chi connectivity index (χ1) is 8.76. The summed E-state index contributed by atoms with van der Waals surface area (Å²) in [4.78, 5) is 0. The van der Waals surface area contributed by atoms with E-state index in [1.165, 1.54) is 16.6 Å². The van der Waals surface area contributed by atoms with Gasteiger partial charge < -0.3 is 5.11 Å². The van der Waals surface area contributed by atoms with Gasteiger partial charge in [0.25, 0.3) is 0 Å². The predicted molar refractivity (Wildman–Crippen MR) is 93.4 cm³/mol. The lowest BCUT2D eigenvalue weighted by atomic mass is 10.2. The quantitative estimate of drug-likeness (QED) is 0.659. The molecule has 0 aliphatic carbocycles. The molecule has 1 N–H and O–H groups in total. The normalized spacial score (nSPS) is 10.3. The van der Waals surface area contributed by atoms with Crippen molar-refractivity contribution in [1.82, 2.24) is 3.97 Å². The van der Waals surface area contributed by atoms with Crippen LogP contribution in [0.5, 0.6) is 0 Å². The molecule has 18 heavy (non-hydrogen) atoms. The number of aliphatic hydroxyl groups is 1. The van der Waals surface area contributed by atoms with E-state index in [2.05, 4.69) is 65.4 Å². The first-order valence-electron chi connectivity index (χ1n) is 5.96. The third-order valence-electron chi connectivity index (χ3n) is 2.45. The Morgan fingerprint density at radius 3 is 2.67 bits per heavy atom. The standard InChI is InChI=1S/C11H11BrINOS.C2H6/c12-9-3-4-11-8(6-9)7-10(2-1-5-15)14(11)16-13;1-2/h3-4,6-7,15H,1-2,5H2;1-2H3. The van der Waals surface area contributed by atoms with Crippen molar-refractivity contribution in [2.24, 2.45) is 0 Å². The lowest BCUT2D eigenvalue weighted by molar-refractivity contribution is 0.288. The summed E-state index contributed by atoms with van der Waals surface area (Å²) in [5.41, 5.74) is 2.50. The second-order valence-electron chi connectivity index (χ2n) is 3.53. The second kappa shape index (κ2) is 8.45. The molecular formula is C13H17BrINOS. The average Bonchev–Trinajstić information content (AvgIpc) is 2.75. The van der Waals surface area contributed by atoms with E-state index in [-0.39, 0.29) is 6.61 Å². The minimum absolute atomic E-state index is 0.247. The molecular weight excluding hydrogens is 425 g/mol. The summed E-state index contributed by atoms with van der Waals surface area (Å²) >= 11 is 5.77. The fourth-order valence-electron chi connectivity index (χ4n) is 1.73. The molecule has 1 aromatic heterocycles. The number of aromatic nitrogens is 1. The third kappa shape index (κ3) is 3.88. The van der Waals surface area contributed by atoms with Gasteiger partial charge in [-0.1, -0.05) is 29.8 Å². The Hall–Kier alpha value is 0.280. The van der Waals surface area contributed by atoms with Gasteiger partial charge in [-0.3, -0.25) is 3.97 Å². The summed E-state index contributed by atoms with van der Waals surface area (Å²) in [5, 5.41) is 10.1. The van der Waals surface area contributed by atoms with Gasteiger partial charge in [0.15, 0.2) is 0 Å². The van der Waals surface area contributed by atoms with Gasteiger partial charge in [0.2, 0.25) is 0 Å². The predicted octanol–water partition coefficient (Wildman–Crippen LogP) is 5.20. The number of nitrogens with zero attached hydrogens (tertiary/aromatic N) is 1. The zero-order valence-electron chi connectivity index (χ0n) is 10.5. The Morgan fingerprint density at radius 1 is 1.33 bits per heavy atom. The summed E-state index contributed by atoms with van der Waals surface area (Å²) < 4.78 is 3.32. The zero-order valence-corrected chi connectivity index (χ0v) is 15.0. The van der Waals surface area contributed by atoms with Crippen LogP contribution < -0.4 is 0 Å². The van der Waals surface area contributed by atoms with Crippen molar-refractivity contribution in [1.29, 1.82) is 0 Å². The zero-order chi connectivity index (χ0) is 13.5. The monoisotopic (exact) mass is 441 g/mol. The van der Waals surface area contributed by atoms with E-state index in [9.17, 15) is 0 Å². The molecule has 2 nitrogen and oxygen atoms in total. The molecule has 1 heterocycles. The van der Waals surface area contributed by atoms with Gasteiger partial charge in [-0.25, -0.2) is 0 Å². The topological polar surface area (TPSA) is 25.2 Å². The summed E-state index contributed by atoms with van der Waals surface area (Å²) in [6, 6.07) is 8.50. The summed E-state index contributed by atoms with van der Waals surface area (Å²) in [6.45, 7) is 4.25. The molecule has 100 valence electrons. The molecule has 0 amide bonds.